The Morgan fingerprint density at radius 2 is 1.95 bits per heavy atom. The zero-order valence-corrected chi connectivity index (χ0v) is 13.0. The van der Waals surface area contributed by atoms with Gasteiger partial charge in [-0.15, -0.1) is 0 Å². The van der Waals surface area contributed by atoms with Gasteiger partial charge in [-0.05, 0) is 67.0 Å². The van der Waals surface area contributed by atoms with Gasteiger partial charge in [0.1, 0.15) is 0 Å². The van der Waals surface area contributed by atoms with Crippen molar-refractivity contribution in [2.45, 2.75) is 39.0 Å². The second-order valence-electron chi connectivity index (χ2n) is 6.01. The molecule has 3 heteroatoms. The van der Waals surface area contributed by atoms with Gasteiger partial charge in [0.15, 0.2) is 0 Å². The van der Waals surface area contributed by atoms with Crippen LogP contribution in [-0.2, 0) is 6.42 Å². The van der Waals surface area contributed by atoms with Crippen LogP contribution in [0.3, 0.4) is 0 Å². The monoisotopic (exact) mass is 295 g/mol. The fourth-order valence-electron chi connectivity index (χ4n) is 2.75. The third-order valence-electron chi connectivity index (χ3n) is 4.29. The van der Waals surface area contributed by atoms with Gasteiger partial charge in [0, 0.05) is 5.69 Å². The van der Waals surface area contributed by atoms with Crippen molar-refractivity contribution in [2.24, 2.45) is 0 Å². The fourth-order valence-corrected chi connectivity index (χ4v) is 2.75. The van der Waals surface area contributed by atoms with Crippen molar-refractivity contribution in [1.29, 1.82) is 0 Å². The minimum atomic E-state index is -0.896. The Hall–Kier alpha value is -2.29. The lowest BCUT2D eigenvalue weighted by Gasteiger charge is -2.14. The maximum absolute atomic E-state index is 11.5. The zero-order chi connectivity index (χ0) is 15.7. The first-order valence-electron chi connectivity index (χ1n) is 7.82. The predicted octanol–water partition coefficient (Wildman–Crippen LogP) is 4.88. The van der Waals surface area contributed by atoms with Gasteiger partial charge in [0.25, 0.3) is 0 Å². The van der Waals surface area contributed by atoms with E-state index in [0.717, 1.165) is 17.7 Å². The van der Waals surface area contributed by atoms with E-state index >= 15 is 0 Å². The summed E-state index contributed by atoms with van der Waals surface area (Å²) in [6.45, 7) is 4.18. The van der Waals surface area contributed by atoms with Gasteiger partial charge >= 0.3 is 5.97 Å². The fraction of sp³-hybridized carbons (Fsp3) is 0.316. The Morgan fingerprint density at radius 3 is 2.55 bits per heavy atom. The molecular formula is C19H21NO2. The smallest absolute Gasteiger partial charge is 0.337 e. The number of nitrogens with one attached hydrogen (secondary N) is 1. The van der Waals surface area contributed by atoms with Crippen LogP contribution >= 0.6 is 0 Å². The number of hydrogen-bond acceptors (Lipinski definition) is 2. The van der Waals surface area contributed by atoms with Crippen molar-refractivity contribution in [3.05, 3.63) is 58.7 Å². The second kappa shape index (κ2) is 5.84. The number of aromatic carboxylic acids is 1. The molecule has 0 saturated heterocycles. The molecular weight excluding hydrogens is 274 g/mol. The molecule has 1 saturated carbocycles. The Labute approximate surface area is 131 Å². The zero-order valence-electron chi connectivity index (χ0n) is 13.0. The summed E-state index contributed by atoms with van der Waals surface area (Å²) >= 11 is 0. The number of anilines is 2. The maximum atomic E-state index is 11.5. The first-order chi connectivity index (χ1) is 10.6. The van der Waals surface area contributed by atoms with E-state index in [4.69, 9.17) is 0 Å². The quantitative estimate of drug-likeness (QED) is 0.826. The molecule has 1 fully saturated rings. The molecule has 2 N–H and O–H groups in total. The van der Waals surface area contributed by atoms with Gasteiger partial charge in [-0.25, -0.2) is 4.79 Å². The van der Waals surface area contributed by atoms with E-state index in [-0.39, 0.29) is 0 Å². The lowest BCUT2D eigenvalue weighted by atomic mass is 10.0. The summed E-state index contributed by atoms with van der Waals surface area (Å²) in [5, 5.41) is 12.7. The standard InChI is InChI=1S/C19H21NO2/c1-3-13-4-9-17(12(2)10-13)20-18-11-15(14-5-6-14)7-8-16(18)19(21)22/h4,7-11,14,20H,3,5-6H2,1-2H3,(H,21,22). The summed E-state index contributed by atoms with van der Waals surface area (Å²) < 4.78 is 0. The third-order valence-corrected chi connectivity index (χ3v) is 4.29. The summed E-state index contributed by atoms with van der Waals surface area (Å²) in [5.41, 5.74) is 5.62. The molecule has 0 unspecified atom stereocenters. The highest BCUT2D eigenvalue weighted by atomic mass is 16.4. The minimum absolute atomic E-state index is 0.323. The van der Waals surface area contributed by atoms with E-state index in [1.807, 2.05) is 25.1 Å². The van der Waals surface area contributed by atoms with Crippen molar-refractivity contribution in [2.75, 3.05) is 5.32 Å². The van der Waals surface area contributed by atoms with Gasteiger partial charge < -0.3 is 10.4 Å². The molecule has 0 amide bonds. The molecule has 1 aliphatic carbocycles. The van der Waals surface area contributed by atoms with Gasteiger partial charge in [-0.2, -0.15) is 0 Å². The van der Waals surface area contributed by atoms with Crippen molar-refractivity contribution in [3.63, 3.8) is 0 Å². The average molecular weight is 295 g/mol. The highest BCUT2D eigenvalue weighted by Gasteiger charge is 2.25. The highest BCUT2D eigenvalue weighted by molar-refractivity contribution is 5.95. The van der Waals surface area contributed by atoms with Crippen LogP contribution in [0.15, 0.2) is 36.4 Å². The first kappa shape index (κ1) is 14.6. The largest absolute Gasteiger partial charge is 0.478 e. The molecule has 22 heavy (non-hydrogen) atoms. The van der Waals surface area contributed by atoms with Crippen LogP contribution < -0.4 is 5.32 Å². The molecule has 2 aromatic carbocycles. The molecule has 1 aliphatic rings. The average Bonchev–Trinajstić information content (AvgIpc) is 3.33. The Kier molecular flexibility index (Phi) is 3.88. The number of aryl methyl sites for hydroxylation is 2. The van der Waals surface area contributed by atoms with Crippen LogP contribution in [0.25, 0.3) is 0 Å². The second-order valence-corrected chi connectivity index (χ2v) is 6.01. The van der Waals surface area contributed by atoms with Gasteiger partial charge in [-0.1, -0.05) is 25.1 Å². The molecule has 0 radical (unpaired) electrons. The number of carboxylic acids is 1. The molecule has 0 aromatic heterocycles. The molecule has 0 spiro atoms. The number of hydrogen-bond donors (Lipinski definition) is 2. The third kappa shape index (κ3) is 2.98. The molecule has 0 atom stereocenters. The van der Waals surface area contributed by atoms with E-state index in [1.54, 1.807) is 6.07 Å². The van der Waals surface area contributed by atoms with E-state index in [2.05, 4.69) is 24.4 Å². The van der Waals surface area contributed by atoms with Crippen molar-refractivity contribution >= 4 is 17.3 Å². The number of rotatable bonds is 5. The van der Waals surface area contributed by atoms with Crippen LogP contribution in [0.2, 0.25) is 0 Å². The number of carbonyl (C=O) groups is 1. The molecule has 3 nitrogen and oxygen atoms in total. The van der Waals surface area contributed by atoms with E-state index in [0.29, 0.717) is 17.2 Å². The van der Waals surface area contributed by atoms with Crippen molar-refractivity contribution in [3.8, 4) is 0 Å². The summed E-state index contributed by atoms with van der Waals surface area (Å²) in [7, 11) is 0. The summed E-state index contributed by atoms with van der Waals surface area (Å²) in [6.07, 6.45) is 3.41. The Bertz CT molecular complexity index is 717. The van der Waals surface area contributed by atoms with Crippen molar-refractivity contribution < 1.29 is 9.90 Å². The van der Waals surface area contributed by atoms with Crippen LogP contribution in [0.4, 0.5) is 11.4 Å². The van der Waals surface area contributed by atoms with Crippen LogP contribution in [0.5, 0.6) is 0 Å². The molecule has 0 aliphatic heterocycles. The van der Waals surface area contributed by atoms with Gasteiger partial charge in [0.2, 0.25) is 0 Å². The molecule has 114 valence electrons. The molecule has 3 rings (SSSR count). The van der Waals surface area contributed by atoms with E-state index < -0.39 is 5.97 Å². The molecule has 2 aromatic rings. The number of carboxylic acid groups (broad SMARTS) is 1. The Balaban J connectivity index is 1.96. The van der Waals surface area contributed by atoms with Crippen molar-refractivity contribution in [1.82, 2.24) is 0 Å². The number of benzene rings is 2. The van der Waals surface area contributed by atoms with Gasteiger partial charge in [-0.3, -0.25) is 0 Å². The first-order valence-corrected chi connectivity index (χ1v) is 7.82. The van der Waals surface area contributed by atoms with Crippen LogP contribution in [0.1, 0.15) is 52.7 Å². The summed E-state index contributed by atoms with van der Waals surface area (Å²) in [6, 6.07) is 11.9. The normalized spacial score (nSPS) is 13.9. The minimum Gasteiger partial charge on any atom is -0.478 e. The van der Waals surface area contributed by atoms with Crippen LogP contribution in [-0.4, -0.2) is 11.1 Å². The lowest BCUT2D eigenvalue weighted by molar-refractivity contribution is 0.0698. The predicted molar refractivity (Wildman–Crippen MR) is 89.2 cm³/mol. The molecule has 0 heterocycles. The highest BCUT2D eigenvalue weighted by Crippen LogP contribution is 2.41. The van der Waals surface area contributed by atoms with Crippen LogP contribution in [0, 0.1) is 6.92 Å². The topological polar surface area (TPSA) is 49.3 Å². The molecule has 0 bridgehead atoms. The van der Waals surface area contributed by atoms with E-state index in [1.165, 1.54) is 24.0 Å². The summed E-state index contributed by atoms with van der Waals surface area (Å²) in [5.74, 6) is -0.292. The maximum Gasteiger partial charge on any atom is 0.337 e. The lowest BCUT2D eigenvalue weighted by Crippen LogP contribution is -2.04. The SMILES string of the molecule is CCc1ccc(Nc2cc(C3CC3)ccc2C(=O)O)c(C)c1. The summed E-state index contributed by atoms with van der Waals surface area (Å²) in [4.78, 5) is 11.5. The van der Waals surface area contributed by atoms with E-state index in [9.17, 15) is 9.90 Å². The Morgan fingerprint density at radius 1 is 1.18 bits per heavy atom. The van der Waals surface area contributed by atoms with Gasteiger partial charge in [0.05, 0.1) is 11.3 Å².